The fraction of sp³-hybridized carbons (Fsp3) is 0.514. The first kappa shape index (κ1) is 44.4. The third-order valence-electron chi connectivity index (χ3n) is 8.58. The van der Waals surface area contributed by atoms with Gasteiger partial charge in [0.1, 0.15) is 0 Å². The topological polar surface area (TPSA) is 139 Å². The Morgan fingerprint density at radius 1 is 0.380 bits per heavy atom. The second-order valence-corrected chi connectivity index (χ2v) is 12.6. The molecule has 3 aromatic rings. The van der Waals surface area contributed by atoms with Crippen molar-refractivity contribution in [3.63, 3.8) is 0 Å². The minimum Gasteiger partial charge on any atom is -0.346 e. The summed E-state index contributed by atoms with van der Waals surface area (Å²) in [6.07, 6.45) is 0. The van der Waals surface area contributed by atoms with Gasteiger partial charge in [0.2, 0.25) is 0 Å². The van der Waals surface area contributed by atoms with Crippen molar-refractivity contribution in [3.8, 4) is 0 Å². The van der Waals surface area contributed by atoms with E-state index in [-0.39, 0.29) is 33.6 Å². The fourth-order valence-electron chi connectivity index (χ4n) is 6.04. The Morgan fingerprint density at radius 3 is 0.740 bits per heavy atom. The van der Waals surface area contributed by atoms with Gasteiger partial charge in [-0.25, -0.2) is 0 Å². The minimum absolute atomic E-state index is 0. The smallest absolute Gasteiger partial charge is 0.263 e. The summed E-state index contributed by atoms with van der Waals surface area (Å²) in [5.41, 5.74) is 8.12. The van der Waals surface area contributed by atoms with Crippen LogP contribution >= 0.6 is 0 Å². The summed E-state index contributed by atoms with van der Waals surface area (Å²) in [5, 5.41) is 43.7. The van der Waals surface area contributed by atoms with Crippen LogP contribution in [0.2, 0.25) is 0 Å². The summed E-state index contributed by atoms with van der Waals surface area (Å²) in [6, 6.07) is 27.0. The van der Waals surface area contributed by atoms with Crippen molar-refractivity contribution < 1.29 is 48.9 Å². The van der Waals surface area contributed by atoms with Crippen molar-refractivity contribution in [2.75, 3.05) is 78.5 Å². The number of nitrogens with zero attached hydrogens (tertiary/aromatic N) is 2. The van der Waals surface area contributed by atoms with Gasteiger partial charge in [-0.2, -0.15) is 0 Å². The van der Waals surface area contributed by atoms with Gasteiger partial charge in [-0.15, -0.1) is 0 Å². The van der Waals surface area contributed by atoms with E-state index in [1.807, 2.05) is 0 Å². The van der Waals surface area contributed by atoms with Gasteiger partial charge in [0.25, 0.3) is 6.48 Å². The van der Waals surface area contributed by atoms with E-state index >= 15 is 0 Å². The zero-order valence-electron chi connectivity index (χ0n) is 29.1. The van der Waals surface area contributed by atoms with E-state index in [1.165, 1.54) is 33.4 Å². The maximum Gasteiger partial charge on any atom is 0.263 e. The maximum absolute atomic E-state index is 7.17. The molecular weight excluding hydrogens is 722 g/mol. The number of hydrogen-bond acceptors (Lipinski definition) is 11. The molecule has 3 aliphatic heterocycles. The minimum atomic E-state index is -2.17. The molecule has 0 aliphatic carbocycles. The Kier molecular flexibility index (Phi) is 23.9. The van der Waals surface area contributed by atoms with Crippen LogP contribution in [0.15, 0.2) is 72.8 Å². The standard InChI is InChI=1S/C36H54N8.CH4O3.2Co/c1-4-31-22-32(5-1)26-38-11-17-44-19-13-40-28-34-7-2-6-33(23-34)27-39-12-18-43(16-10-37-25-31)20-14-41-29-35-8-3-9-36(24-35)30-42-15-21-44;2-1(3)4;;/h1-9,22-24,37-42H,10-21,25-30H2;1-4H;;. The number of aliphatic hydroxyl groups is 3. The summed E-state index contributed by atoms with van der Waals surface area (Å²) in [5.74, 6) is 0. The maximum atomic E-state index is 7.17. The Balaban J connectivity index is 0.00000137. The Labute approximate surface area is 319 Å². The Morgan fingerprint density at radius 2 is 0.560 bits per heavy atom. The number of benzene rings is 3. The molecule has 3 aromatic carbocycles. The molecule has 0 unspecified atom stereocenters. The van der Waals surface area contributed by atoms with Crippen LogP contribution in [-0.4, -0.2) is 110 Å². The van der Waals surface area contributed by atoms with Crippen LogP contribution in [0, 0.1) is 0 Å². The Bertz CT molecular complexity index is 1070. The van der Waals surface area contributed by atoms with E-state index in [9.17, 15) is 0 Å². The van der Waals surface area contributed by atoms with E-state index in [0.717, 1.165) is 118 Å². The zero-order valence-corrected chi connectivity index (χ0v) is 31.2. The van der Waals surface area contributed by atoms with Crippen molar-refractivity contribution in [2.24, 2.45) is 0 Å². The van der Waals surface area contributed by atoms with Gasteiger partial charge in [0.05, 0.1) is 0 Å². The number of nitrogens with one attached hydrogen (secondary N) is 6. The van der Waals surface area contributed by atoms with Crippen LogP contribution in [0.25, 0.3) is 0 Å². The molecule has 0 amide bonds. The van der Waals surface area contributed by atoms with Crippen molar-refractivity contribution in [1.82, 2.24) is 41.7 Å². The predicted molar refractivity (Wildman–Crippen MR) is 193 cm³/mol. The van der Waals surface area contributed by atoms with Gasteiger partial charge in [0.15, 0.2) is 0 Å². The van der Waals surface area contributed by atoms with Gasteiger partial charge in [-0.05, 0) is 33.4 Å². The molecule has 11 nitrogen and oxygen atoms in total. The van der Waals surface area contributed by atoms with Crippen LogP contribution < -0.4 is 31.9 Å². The van der Waals surface area contributed by atoms with Crippen LogP contribution in [0.4, 0.5) is 0 Å². The zero-order chi connectivity index (χ0) is 33.7. The summed E-state index contributed by atoms with van der Waals surface area (Å²) in [4.78, 5) is 5.16. The van der Waals surface area contributed by atoms with Gasteiger partial charge in [-0.3, -0.25) is 9.80 Å². The molecule has 0 aromatic heterocycles. The molecule has 13 heteroatoms. The third-order valence-corrected chi connectivity index (χ3v) is 8.58. The molecule has 6 rings (SSSR count). The van der Waals surface area contributed by atoms with Crippen molar-refractivity contribution in [3.05, 3.63) is 106 Å². The third kappa shape index (κ3) is 19.2. The molecular formula is C37H58Co2N8O3. The number of fused-ring (bicyclic) bond motifs is 18. The number of rotatable bonds is 0. The molecule has 3 aliphatic rings. The van der Waals surface area contributed by atoms with Crippen LogP contribution in [-0.2, 0) is 72.8 Å². The molecule has 0 fully saturated rings. The molecule has 282 valence electrons. The molecule has 50 heavy (non-hydrogen) atoms. The normalized spacial score (nSPS) is 20.6. The SMILES string of the molecule is OC(O)O.[Co].[Co].c1cc2cc(c1)CNCCN1CCNCc3cccc(c3)CNCCN(CCNC2)CCNCc2cccc(c2)CNCC1. The molecule has 0 saturated heterocycles. The summed E-state index contributed by atoms with van der Waals surface area (Å²) in [7, 11) is 0. The predicted octanol–water partition coefficient (Wildman–Crippen LogP) is 0.498. The molecule has 0 saturated carbocycles. The van der Waals surface area contributed by atoms with Crippen molar-refractivity contribution >= 4 is 0 Å². The molecule has 0 spiro atoms. The van der Waals surface area contributed by atoms with E-state index in [1.54, 1.807) is 0 Å². The summed E-state index contributed by atoms with van der Waals surface area (Å²) >= 11 is 0. The van der Waals surface area contributed by atoms with Gasteiger partial charge >= 0.3 is 0 Å². The monoisotopic (exact) mass is 780 g/mol. The second kappa shape index (κ2) is 26.9. The largest absolute Gasteiger partial charge is 0.346 e. The quantitative estimate of drug-likeness (QED) is 0.148. The summed E-state index contributed by atoms with van der Waals surface area (Å²) in [6.45, 7) is 15.3. The molecule has 2 radical (unpaired) electrons. The molecule has 8 bridgehead atoms. The average Bonchev–Trinajstić information content (AvgIpc) is 3.08. The average molecular weight is 781 g/mol. The summed E-state index contributed by atoms with van der Waals surface area (Å²) < 4.78 is 0. The van der Waals surface area contributed by atoms with E-state index in [4.69, 9.17) is 15.3 Å². The molecule has 0 atom stereocenters. The van der Waals surface area contributed by atoms with Crippen molar-refractivity contribution in [1.29, 1.82) is 0 Å². The van der Waals surface area contributed by atoms with Gasteiger partial charge in [-0.1, -0.05) is 72.8 Å². The fourth-order valence-corrected chi connectivity index (χ4v) is 6.04. The first-order valence-electron chi connectivity index (χ1n) is 17.5. The van der Waals surface area contributed by atoms with E-state index < -0.39 is 6.48 Å². The second-order valence-electron chi connectivity index (χ2n) is 12.6. The van der Waals surface area contributed by atoms with Gasteiger partial charge in [0, 0.05) is 151 Å². The van der Waals surface area contributed by atoms with Gasteiger partial charge < -0.3 is 47.2 Å². The van der Waals surface area contributed by atoms with E-state index in [0.29, 0.717) is 0 Å². The molecule has 9 N–H and O–H groups in total. The van der Waals surface area contributed by atoms with E-state index in [2.05, 4.69) is 114 Å². The van der Waals surface area contributed by atoms with Crippen LogP contribution in [0.1, 0.15) is 33.4 Å². The first-order chi connectivity index (χ1) is 23.5. The first-order valence-corrected chi connectivity index (χ1v) is 17.5. The number of hydrogen-bond donors (Lipinski definition) is 9. The van der Waals surface area contributed by atoms with Crippen LogP contribution in [0.5, 0.6) is 0 Å². The molecule has 3 heterocycles. The van der Waals surface area contributed by atoms with Crippen LogP contribution in [0.3, 0.4) is 0 Å². The number of aliphatic hydroxyl groups excluding tert-OH is 1. The van der Waals surface area contributed by atoms with Crippen molar-refractivity contribution in [2.45, 2.75) is 45.7 Å². The Hall–Kier alpha value is -1.77.